The number of aryl methyl sites for hydroxylation is 2. The fraction of sp³-hybridized carbons (Fsp3) is 0.231. The molecule has 0 saturated heterocycles. The number of carboxylic acid groups (broad SMARTS) is 1. The summed E-state index contributed by atoms with van der Waals surface area (Å²) in [7, 11) is 1.61. The summed E-state index contributed by atoms with van der Waals surface area (Å²) in [5, 5.41) is 8.45. The maximum Gasteiger partial charge on any atom is 0.328 e. The van der Waals surface area contributed by atoms with Crippen LogP contribution >= 0.6 is 0 Å². The monoisotopic (exact) mass is 233 g/mol. The predicted octanol–water partition coefficient (Wildman–Crippen LogP) is 1.91. The summed E-state index contributed by atoms with van der Waals surface area (Å²) in [6.45, 7) is 3.89. The second kappa shape index (κ2) is 5.30. The van der Waals surface area contributed by atoms with E-state index < -0.39 is 5.97 Å². The first-order valence-corrected chi connectivity index (χ1v) is 5.17. The van der Waals surface area contributed by atoms with E-state index in [2.05, 4.69) is 0 Å². The Hall–Kier alpha value is -2.10. The molecule has 0 saturated carbocycles. The van der Waals surface area contributed by atoms with Gasteiger partial charge < -0.3 is 10.0 Å². The van der Waals surface area contributed by atoms with Crippen molar-refractivity contribution in [3.8, 4) is 0 Å². The SMILES string of the molecule is Cc1cc(C)cc(N(C)C(=O)C=CC(=O)O)c1. The summed E-state index contributed by atoms with van der Waals surface area (Å²) < 4.78 is 0. The zero-order valence-electron chi connectivity index (χ0n) is 10.1. The molecule has 90 valence electrons. The molecule has 0 atom stereocenters. The molecule has 1 aromatic carbocycles. The van der Waals surface area contributed by atoms with Crippen molar-refractivity contribution in [3.05, 3.63) is 41.5 Å². The number of carboxylic acids is 1. The van der Waals surface area contributed by atoms with Crippen molar-refractivity contribution in [1.82, 2.24) is 0 Å². The molecule has 0 fully saturated rings. The van der Waals surface area contributed by atoms with Gasteiger partial charge in [-0.05, 0) is 37.1 Å². The molecular formula is C13H15NO3. The number of nitrogens with zero attached hydrogens (tertiary/aromatic N) is 1. The number of benzene rings is 1. The highest BCUT2D eigenvalue weighted by Gasteiger charge is 2.08. The van der Waals surface area contributed by atoms with E-state index in [9.17, 15) is 9.59 Å². The van der Waals surface area contributed by atoms with Gasteiger partial charge in [0.15, 0.2) is 0 Å². The smallest absolute Gasteiger partial charge is 0.328 e. The number of hydrogen-bond donors (Lipinski definition) is 1. The fourth-order valence-electron chi connectivity index (χ4n) is 1.53. The number of likely N-dealkylation sites (N-methyl/N-ethyl adjacent to an activating group) is 1. The van der Waals surface area contributed by atoms with E-state index in [4.69, 9.17) is 5.11 Å². The predicted molar refractivity (Wildman–Crippen MR) is 66.1 cm³/mol. The molecule has 0 bridgehead atoms. The fourth-order valence-corrected chi connectivity index (χ4v) is 1.53. The summed E-state index contributed by atoms with van der Waals surface area (Å²) >= 11 is 0. The van der Waals surface area contributed by atoms with Gasteiger partial charge >= 0.3 is 5.97 Å². The molecule has 1 aromatic rings. The van der Waals surface area contributed by atoms with E-state index >= 15 is 0 Å². The van der Waals surface area contributed by atoms with E-state index in [1.165, 1.54) is 4.90 Å². The van der Waals surface area contributed by atoms with Crippen LogP contribution in [0.4, 0.5) is 5.69 Å². The number of amides is 1. The number of aliphatic carboxylic acids is 1. The van der Waals surface area contributed by atoms with Crippen molar-refractivity contribution in [3.63, 3.8) is 0 Å². The average Bonchev–Trinajstić information content (AvgIpc) is 2.23. The number of hydrogen-bond acceptors (Lipinski definition) is 2. The lowest BCUT2D eigenvalue weighted by molar-refractivity contribution is -0.131. The molecule has 17 heavy (non-hydrogen) atoms. The van der Waals surface area contributed by atoms with Crippen LogP contribution in [0.2, 0.25) is 0 Å². The third-order valence-electron chi connectivity index (χ3n) is 2.29. The number of rotatable bonds is 3. The molecule has 0 heterocycles. The lowest BCUT2D eigenvalue weighted by atomic mass is 10.1. The highest BCUT2D eigenvalue weighted by atomic mass is 16.4. The Labute approximate surface area is 100 Å². The number of carbonyl (C=O) groups excluding carboxylic acids is 1. The van der Waals surface area contributed by atoms with Crippen LogP contribution in [-0.4, -0.2) is 24.0 Å². The molecule has 1 N–H and O–H groups in total. The number of carbonyl (C=O) groups is 2. The van der Waals surface area contributed by atoms with E-state index in [0.717, 1.165) is 29.0 Å². The van der Waals surface area contributed by atoms with Gasteiger partial charge in [0.05, 0.1) is 0 Å². The molecular weight excluding hydrogens is 218 g/mol. The van der Waals surface area contributed by atoms with Gasteiger partial charge in [-0.15, -0.1) is 0 Å². The van der Waals surface area contributed by atoms with Gasteiger partial charge in [-0.1, -0.05) is 6.07 Å². The molecule has 0 unspecified atom stereocenters. The quantitative estimate of drug-likeness (QED) is 0.811. The lowest BCUT2D eigenvalue weighted by Crippen LogP contribution is -2.24. The Kier molecular flexibility index (Phi) is 4.04. The van der Waals surface area contributed by atoms with Crippen LogP contribution in [0, 0.1) is 13.8 Å². The second-order valence-corrected chi connectivity index (χ2v) is 3.91. The molecule has 0 aliphatic heterocycles. The normalized spacial score (nSPS) is 10.5. The van der Waals surface area contributed by atoms with Gasteiger partial charge in [0, 0.05) is 24.9 Å². The first kappa shape index (κ1) is 13.0. The second-order valence-electron chi connectivity index (χ2n) is 3.91. The van der Waals surface area contributed by atoms with Gasteiger partial charge in [0.1, 0.15) is 0 Å². The van der Waals surface area contributed by atoms with Gasteiger partial charge in [0.25, 0.3) is 5.91 Å². The number of anilines is 1. The van der Waals surface area contributed by atoms with Gasteiger partial charge in [-0.2, -0.15) is 0 Å². The summed E-state index contributed by atoms with van der Waals surface area (Å²) in [6, 6.07) is 5.76. The molecule has 0 aromatic heterocycles. The zero-order chi connectivity index (χ0) is 13.0. The van der Waals surface area contributed by atoms with Crippen molar-refractivity contribution in [2.24, 2.45) is 0 Å². The first-order chi connectivity index (χ1) is 7.90. The molecule has 1 amide bonds. The van der Waals surface area contributed by atoms with Crippen LogP contribution in [0.25, 0.3) is 0 Å². The minimum Gasteiger partial charge on any atom is -0.478 e. The topological polar surface area (TPSA) is 57.6 Å². The lowest BCUT2D eigenvalue weighted by Gasteiger charge is -2.16. The molecule has 0 radical (unpaired) electrons. The summed E-state index contributed by atoms with van der Waals surface area (Å²) in [5.41, 5.74) is 2.87. The summed E-state index contributed by atoms with van der Waals surface area (Å²) in [6.07, 6.45) is 1.88. The highest BCUT2D eigenvalue weighted by molar-refractivity contribution is 6.03. The van der Waals surface area contributed by atoms with Crippen LogP contribution in [0.5, 0.6) is 0 Å². The van der Waals surface area contributed by atoms with Crippen LogP contribution < -0.4 is 4.90 Å². The van der Waals surface area contributed by atoms with E-state index in [1.54, 1.807) is 7.05 Å². The Morgan fingerprint density at radius 2 is 1.65 bits per heavy atom. The Morgan fingerprint density at radius 1 is 1.12 bits per heavy atom. The Morgan fingerprint density at radius 3 is 2.12 bits per heavy atom. The van der Waals surface area contributed by atoms with E-state index in [-0.39, 0.29) is 5.91 Å². The van der Waals surface area contributed by atoms with Crippen LogP contribution in [0.3, 0.4) is 0 Å². The zero-order valence-corrected chi connectivity index (χ0v) is 10.1. The average molecular weight is 233 g/mol. The molecule has 4 heteroatoms. The minimum atomic E-state index is -1.13. The van der Waals surface area contributed by atoms with Crippen molar-refractivity contribution in [2.45, 2.75) is 13.8 Å². The van der Waals surface area contributed by atoms with Gasteiger partial charge in [-0.25, -0.2) is 4.79 Å². The van der Waals surface area contributed by atoms with Crippen LogP contribution in [-0.2, 0) is 9.59 Å². The Bertz CT molecular complexity index is 457. The molecule has 1 rings (SSSR count). The van der Waals surface area contributed by atoms with E-state index in [0.29, 0.717) is 0 Å². The highest BCUT2D eigenvalue weighted by Crippen LogP contribution is 2.17. The van der Waals surface area contributed by atoms with Crippen molar-refractivity contribution in [1.29, 1.82) is 0 Å². The molecule has 0 spiro atoms. The minimum absolute atomic E-state index is 0.364. The Balaban J connectivity index is 2.92. The summed E-state index contributed by atoms with van der Waals surface area (Å²) in [4.78, 5) is 23.4. The summed E-state index contributed by atoms with van der Waals surface area (Å²) in [5.74, 6) is -1.50. The molecule has 0 aliphatic rings. The van der Waals surface area contributed by atoms with Gasteiger partial charge in [-0.3, -0.25) is 4.79 Å². The van der Waals surface area contributed by atoms with Crippen molar-refractivity contribution < 1.29 is 14.7 Å². The molecule has 0 aliphatic carbocycles. The third-order valence-corrected chi connectivity index (χ3v) is 2.29. The standard InChI is InChI=1S/C13H15NO3/c1-9-6-10(2)8-11(7-9)14(3)12(15)4-5-13(16)17/h4-8H,1-3H3,(H,16,17). The maximum atomic E-state index is 11.6. The van der Waals surface area contributed by atoms with E-state index in [1.807, 2.05) is 32.0 Å². The maximum absolute atomic E-state index is 11.6. The van der Waals surface area contributed by atoms with Crippen molar-refractivity contribution >= 4 is 17.6 Å². The molecule has 4 nitrogen and oxygen atoms in total. The van der Waals surface area contributed by atoms with Crippen LogP contribution in [0.15, 0.2) is 30.4 Å². The third kappa shape index (κ3) is 3.75. The van der Waals surface area contributed by atoms with Gasteiger partial charge in [0.2, 0.25) is 0 Å². The first-order valence-electron chi connectivity index (χ1n) is 5.17. The van der Waals surface area contributed by atoms with Crippen LogP contribution in [0.1, 0.15) is 11.1 Å². The largest absolute Gasteiger partial charge is 0.478 e. The van der Waals surface area contributed by atoms with Crippen molar-refractivity contribution in [2.75, 3.05) is 11.9 Å².